The van der Waals surface area contributed by atoms with Crippen molar-refractivity contribution in [1.29, 1.82) is 0 Å². The number of ether oxygens (including phenoxy) is 1. The van der Waals surface area contributed by atoms with Crippen molar-refractivity contribution >= 4 is 11.7 Å². The lowest BCUT2D eigenvalue weighted by atomic mass is 10.4. The Bertz CT molecular complexity index is 434. The highest BCUT2D eigenvalue weighted by Gasteiger charge is 2.28. The SMILES string of the molecule is CCN(CC)CCOC(=O)c1cc(N)cn1C1CC1. The van der Waals surface area contributed by atoms with E-state index in [2.05, 4.69) is 18.7 Å². The van der Waals surface area contributed by atoms with Gasteiger partial charge in [-0.05, 0) is 32.0 Å². The van der Waals surface area contributed by atoms with Crippen molar-refractivity contribution < 1.29 is 9.53 Å². The van der Waals surface area contributed by atoms with E-state index in [1.165, 1.54) is 0 Å². The molecule has 0 aromatic carbocycles. The minimum Gasteiger partial charge on any atom is -0.460 e. The molecular formula is C14H23N3O2. The Morgan fingerprint density at radius 1 is 1.47 bits per heavy atom. The van der Waals surface area contributed by atoms with Crippen LogP contribution in [0.3, 0.4) is 0 Å². The van der Waals surface area contributed by atoms with Gasteiger partial charge in [-0.3, -0.25) is 0 Å². The largest absolute Gasteiger partial charge is 0.460 e. The molecule has 2 N–H and O–H groups in total. The van der Waals surface area contributed by atoms with Crippen LogP contribution < -0.4 is 5.73 Å². The van der Waals surface area contributed by atoms with E-state index >= 15 is 0 Å². The Morgan fingerprint density at radius 2 is 2.16 bits per heavy atom. The van der Waals surface area contributed by atoms with Gasteiger partial charge in [-0.1, -0.05) is 13.8 Å². The highest BCUT2D eigenvalue weighted by molar-refractivity contribution is 5.89. The van der Waals surface area contributed by atoms with Crippen molar-refractivity contribution in [2.45, 2.75) is 32.7 Å². The van der Waals surface area contributed by atoms with Crippen LogP contribution in [0.5, 0.6) is 0 Å². The van der Waals surface area contributed by atoms with E-state index in [0.717, 1.165) is 32.5 Å². The molecule has 19 heavy (non-hydrogen) atoms. The van der Waals surface area contributed by atoms with E-state index in [1.807, 2.05) is 10.8 Å². The molecule has 1 fully saturated rings. The molecule has 1 aromatic heterocycles. The highest BCUT2D eigenvalue weighted by Crippen LogP contribution is 2.37. The number of nitrogens with two attached hydrogens (primary N) is 1. The molecule has 0 spiro atoms. The first-order chi connectivity index (χ1) is 9.15. The molecule has 0 saturated heterocycles. The zero-order chi connectivity index (χ0) is 13.8. The van der Waals surface area contributed by atoms with Gasteiger partial charge in [0, 0.05) is 18.8 Å². The molecule has 5 nitrogen and oxygen atoms in total. The standard InChI is InChI=1S/C14H23N3O2/c1-3-16(4-2)7-8-19-14(18)13-9-11(15)10-17(13)12-5-6-12/h9-10,12H,3-8,15H2,1-2H3. The summed E-state index contributed by atoms with van der Waals surface area (Å²) in [6.45, 7) is 7.35. The monoisotopic (exact) mass is 265 g/mol. The summed E-state index contributed by atoms with van der Waals surface area (Å²) in [6, 6.07) is 2.14. The van der Waals surface area contributed by atoms with Gasteiger partial charge in [0.25, 0.3) is 0 Å². The van der Waals surface area contributed by atoms with Crippen molar-refractivity contribution in [2.75, 3.05) is 32.0 Å². The Kier molecular flexibility index (Phi) is 4.47. The number of hydrogen-bond acceptors (Lipinski definition) is 4. The fourth-order valence-electron chi connectivity index (χ4n) is 2.20. The smallest absolute Gasteiger partial charge is 0.355 e. The molecule has 1 aliphatic carbocycles. The van der Waals surface area contributed by atoms with Crippen LogP contribution in [-0.4, -0.2) is 41.7 Å². The lowest BCUT2D eigenvalue weighted by molar-refractivity contribution is 0.0454. The van der Waals surface area contributed by atoms with E-state index in [9.17, 15) is 4.79 Å². The van der Waals surface area contributed by atoms with Gasteiger partial charge in [0.2, 0.25) is 0 Å². The predicted molar refractivity (Wildman–Crippen MR) is 75.2 cm³/mol. The van der Waals surface area contributed by atoms with E-state index < -0.39 is 0 Å². The van der Waals surface area contributed by atoms with E-state index in [1.54, 1.807) is 6.07 Å². The second kappa shape index (κ2) is 6.10. The van der Waals surface area contributed by atoms with Crippen molar-refractivity contribution in [1.82, 2.24) is 9.47 Å². The molecule has 1 saturated carbocycles. The van der Waals surface area contributed by atoms with Crippen molar-refractivity contribution in [2.24, 2.45) is 0 Å². The number of likely N-dealkylation sites (N-methyl/N-ethyl adjacent to an activating group) is 1. The van der Waals surface area contributed by atoms with Crippen molar-refractivity contribution in [3.05, 3.63) is 18.0 Å². The molecule has 1 heterocycles. The van der Waals surface area contributed by atoms with E-state index in [-0.39, 0.29) is 5.97 Å². The first kappa shape index (κ1) is 13.9. The van der Waals surface area contributed by atoms with Crippen LogP contribution in [0, 0.1) is 0 Å². The number of anilines is 1. The van der Waals surface area contributed by atoms with Crippen LogP contribution >= 0.6 is 0 Å². The number of carbonyl (C=O) groups is 1. The third kappa shape index (κ3) is 3.50. The maximum Gasteiger partial charge on any atom is 0.355 e. The molecule has 0 bridgehead atoms. The number of aromatic nitrogens is 1. The normalized spacial score (nSPS) is 14.9. The molecule has 0 amide bonds. The molecular weight excluding hydrogens is 242 g/mol. The van der Waals surface area contributed by atoms with Crippen LogP contribution in [0.1, 0.15) is 43.2 Å². The number of nitrogen functional groups attached to an aromatic ring is 1. The molecule has 106 valence electrons. The fourth-order valence-corrected chi connectivity index (χ4v) is 2.20. The Hall–Kier alpha value is -1.49. The molecule has 5 heteroatoms. The third-order valence-corrected chi connectivity index (χ3v) is 3.55. The van der Waals surface area contributed by atoms with Crippen LogP contribution in [0.25, 0.3) is 0 Å². The zero-order valence-electron chi connectivity index (χ0n) is 11.8. The predicted octanol–water partition coefficient (Wildman–Crippen LogP) is 1.90. The molecule has 2 rings (SSSR count). The molecule has 1 aliphatic rings. The van der Waals surface area contributed by atoms with Gasteiger partial charge in [0.05, 0.1) is 5.69 Å². The number of nitrogens with zero attached hydrogens (tertiary/aromatic N) is 2. The summed E-state index contributed by atoms with van der Waals surface area (Å²) in [5.74, 6) is -0.268. The first-order valence-electron chi connectivity index (χ1n) is 7.02. The van der Waals surface area contributed by atoms with Gasteiger partial charge < -0.3 is 19.9 Å². The average molecular weight is 265 g/mol. The Labute approximate surface area is 114 Å². The van der Waals surface area contributed by atoms with Gasteiger partial charge in [-0.2, -0.15) is 0 Å². The lowest BCUT2D eigenvalue weighted by Crippen LogP contribution is -2.28. The topological polar surface area (TPSA) is 60.5 Å². The number of carbonyl (C=O) groups excluding carboxylic acids is 1. The highest BCUT2D eigenvalue weighted by atomic mass is 16.5. The van der Waals surface area contributed by atoms with Gasteiger partial charge in [-0.15, -0.1) is 0 Å². The summed E-state index contributed by atoms with van der Waals surface area (Å²) < 4.78 is 7.29. The van der Waals surface area contributed by atoms with Crippen molar-refractivity contribution in [3.63, 3.8) is 0 Å². The second-order valence-corrected chi connectivity index (χ2v) is 4.96. The number of esters is 1. The quantitative estimate of drug-likeness (QED) is 0.765. The van der Waals surface area contributed by atoms with E-state index in [4.69, 9.17) is 10.5 Å². The van der Waals surface area contributed by atoms with Gasteiger partial charge in [-0.25, -0.2) is 4.79 Å². The zero-order valence-corrected chi connectivity index (χ0v) is 11.8. The second-order valence-electron chi connectivity index (χ2n) is 4.96. The van der Waals surface area contributed by atoms with Gasteiger partial charge in [0.15, 0.2) is 0 Å². The number of hydrogen-bond donors (Lipinski definition) is 1. The van der Waals surface area contributed by atoms with Crippen LogP contribution in [0.4, 0.5) is 5.69 Å². The molecule has 0 radical (unpaired) electrons. The van der Waals surface area contributed by atoms with E-state index in [0.29, 0.717) is 24.0 Å². The summed E-state index contributed by atoms with van der Waals surface area (Å²) >= 11 is 0. The third-order valence-electron chi connectivity index (χ3n) is 3.55. The van der Waals surface area contributed by atoms with Gasteiger partial charge in [0.1, 0.15) is 12.3 Å². The summed E-state index contributed by atoms with van der Waals surface area (Å²) in [4.78, 5) is 14.3. The first-order valence-corrected chi connectivity index (χ1v) is 7.02. The molecule has 1 aromatic rings. The summed E-state index contributed by atoms with van der Waals surface area (Å²) in [6.07, 6.45) is 4.07. The summed E-state index contributed by atoms with van der Waals surface area (Å²) in [5.41, 5.74) is 6.98. The average Bonchev–Trinajstić information content (AvgIpc) is 3.17. The van der Waals surface area contributed by atoms with Crippen molar-refractivity contribution in [3.8, 4) is 0 Å². The fraction of sp³-hybridized carbons (Fsp3) is 0.643. The molecule has 0 aliphatic heterocycles. The molecule has 0 atom stereocenters. The van der Waals surface area contributed by atoms with Crippen LogP contribution in [0.2, 0.25) is 0 Å². The maximum absolute atomic E-state index is 12.1. The summed E-state index contributed by atoms with van der Waals surface area (Å²) in [5, 5.41) is 0. The van der Waals surface area contributed by atoms with Crippen LogP contribution in [0.15, 0.2) is 12.3 Å². The minimum atomic E-state index is -0.268. The number of rotatable bonds is 7. The Morgan fingerprint density at radius 3 is 2.74 bits per heavy atom. The lowest BCUT2D eigenvalue weighted by Gasteiger charge is -2.17. The van der Waals surface area contributed by atoms with Gasteiger partial charge >= 0.3 is 5.97 Å². The Balaban J connectivity index is 1.89. The summed E-state index contributed by atoms with van der Waals surface area (Å²) in [7, 11) is 0. The molecule has 0 unspecified atom stereocenters. The van der Waals surface area contributed by atoms with Crippen LogP contribution in [-0.2, 0) is 4.74 Å². The maximum atomic E-state index is 12.1. The minimum absolute atomic E-state index is 0.268.